The molecule has 2 aromatic rings. The maximum Gasteiger partial charge on any atom is 0.273 e. The molecule has 0 aliphatic carbocycles. The molecule has 3 N–H and O–H groups in total. The molecule has 0 aromatic heterocycles. The number of nitrogen functional groups attached to an aromatic ring is 1. The van der Waals surface area contributed by atoms with Crippen LogP contribution in [0.15, 0.2) is 40.9 Å². The van der Waals surface area contributed by atoms with Crippen molar-refractivity contribution in [3.8, 4) is 11.5 Å². The van der Waals surface area contributed by atoms with E-state index in [9.17, 15) is 10.1 Å². The number of rotatable bonds is 4. The number of nitrogens with two attached hydrogens (primary N) is 1. The van der Waals surface area contributed by atoms with Crippen molar-refractivity contribution in [1.29, 1.82) is 5.41 Å². The molecule has 0 bridgehead atoms. The van der Waals surface area contributed by atoms with E-state index in [1.54, 1.807) is 31.2 Å². The number of nitrogens with zero attached hydrogens (tertiary/aromatic N) is 1. The van der Waals surface area contributed by atoms with Crippen molar-refractivity contribution >= 4 is 27.5 Å². The predicted molar refractivity (Wildman–Crippen MR) is 83.1 cm³/mol. The number of aryl methyl sites for hydroxylation is 1. The molecule has 0 spiro atoms. The lowest BCUT2D eigenvalue weighted by atomic mass is 10.2. The summed E-state index contributed by atoms with van der Waals surface area (Å²) in [6, 6.07) is 9.39. The first-order valence-corrected chi connectivity index (χ1v) is 6.74. The average Bonchev–Trinajstić information content (AvgIpc) is 2.42. The molecular formula is C14H12BrN3O3. The first-order valence-electron chi connectivity index (χ1n) is 5.95. The Kier molecular flexibility index (Phi) is 4.23. The Bertz CT molecular complexity index is 731. The first-order chi connectivity index (χ1) is 9.88. The van der Waals surface area contributed by atoms with E-state index in [4.69, 9.17) is 15.9 Å². The van der Waals surface area contributed by atoms with E-state index in [0.717, 1.165) is 5.56 Å². The van der Waals surface area contributed by atoms with Gasteiger partial charge in [-0.3, -0.25) is 15.5 Å². The van der Waals surface area contributed by atoms with Crippen LogP contribution in [0.1, 0.15) is 11.1 Å². The summed E-state index contributed by atoms with van der Waals surface area (Å²) < 4.78 is 6.31. The fourth-order valence-corrected chi connectivity index (χ4v) is 2.14. The number of hydrogen-bond acceptors (Lipinski definition) is 4. The van der Waals surface area contributed by atoms with E-state index < -0.39 is 4.92 Å². The molecule has 0 heterocycles. The van der Waals surface area contributed by atoms with Gasteiger partial charge in [-0.2, -0.15) is 0 Å². The highest BCUT2D eigenvalue weighted by molar-refractivity contribution is 9.10. The maximum atomic E-state index is 10.8. The second-order valence-corrected chi connectivity index (χ2v) is 5.22. The fourth-order valence-electron chi connectivity index (χ4n) is 1.68. The number of nitro benzene ring substituents is 1. The maximum absolute atomic E-state index is 10.8. The molecule has 0 aliphatic rings. The number of benzene rings is 2. The van der Waals surface area contributed by atoms with Gasteiger partial charge in [0, 0.05) is 11.6 Å². The molecular weight excluding hydrogens is 338 g/mol. The van der Waals surface area contributed by atoms with Crippen LogP contribution in [0.25, 0.3) is 0 Å². The van der Waals surface area contributed by atoms with Gasteiger partial charge in [-0.05, 0) is 52.7 Å². The Labute approximate surface area is 129 Å². The normalized spacial score (nSPS) is 10.2. The fraction of sp³-hybridized carbons (Fsp3) is 0.0714. The molecule has 7 heteroatoms. The Balaban J connectivity index is 2.36. The van der Waals surface area contributed by atoms with Gasteiger partial charge < -0.3 is 10.5 Å². The molecule has 2 rings (SSSR count). The standard InChI is InChI=1S/C14H12BrN3O3/c1-8-2-4-10(18(19)20)7-13(8)21-12-5-3-9(14(16)17)6-11(12)15/h2-7H,1H3,(H3,16,17). The topological polar surface area (TPSA) is 102 Å². The number of halogens is 1. The quantitative estimate of drug-likeness (QED) is 0.379. The van der Waals surface area contributed by atoms with E-state index in [0.29, 0.717) is 21.5 Å². The monoisotopic (exact) mass is 349 g/mol. The van der Waals surface area contributed by atoms with Crippen molar-refractivity contribution in [2.75, 3.05) is 0 Å². The van der Waals surface area contributed by atoms with Gasteiger partial charge in [-0.1, -0.05) is 0 Å². The third kappa shape index (κ3) is 3.38. The molecule has 21 heavy (non-hydrogen) atoms. The van der Waals surface area contributed by atoms with Crippen LogP contribution in [-0.2, 0) is 0 Å². The lowest BCUT2D eigenvalue weighted by Gasteiger charge is -2.11. The number of amidine groups is 1. The largest absolute Gasteiger partial charge is 0.456 e. The third-order valence-electron chi connectivity index (χ3n) is 2.85. The Morgan fingerprint density at radius 1 is 1.29 bits per heavy atom. The van der Waals surface area contributed by atoms with Crippen LogP contribution in [-0.4, -0.2) is 10.8 Å². The minimum atomic E-state index is -0.472. The van der Waals surface area contributed by atoms with Crippen molar-refractivity contribution in [2.24, 2.45) is 5.73 Å². The molecule has 0 amide bonds. The van der Waals surface area contributed by atoms with Gasteiger partial charge in [-0.15, -0.1) is 0 Å². The first kappa shape index (κ1) is 15.0. The molecule has 0 saturated carbocycles. The van der Waals surface area contributed by atoms with Crippen LogP contribution >= 0.6 is 15.9 Å². The highest BCUT2D eigenvalue weighted by Crippen LogP contribution is 2.33. The summed E-state index contributed by atoms with van der Waals surface area (Å²) in [7, 11) is 0. The van der Waals surface area contributed by atoms with E-state index in [-0.39, 0.29) is 11.5 Å². The second kappa shape index (κ2) is 5.92. The van der Waals surface area contributed by atoms with E-state index in [2.05, 4.69) is 15.9 Å². The van der Waals surface area contributed by atoms with Crippen molar-refractivity contribution in [3.63, 3.8) is 0 Å². The number of nitro groups is 1. The average molecular weight is 350 g/mol. The zero-order valence-electron chi connectivity index (χ0n) is 11.1. The molecule has 0 saturated heterocycles. The Morgan fingerprint density at radius 3 is 2.57 bits per heavy atom. The van der Waals surface area contributed by atoms with E-state index in [1.165, 1.54) is 12.1 Å². The lowest BCUT2D eigenvalue weighted by molar-refractivity contribution is -0.384. The minimum absolute atomic E-state index is 0.0351. The van der Waals surface area contributed by atoms with Gasteiger partial charge in [0.2, 0.25) is 0 Å². The molecule has 0 radical (unpaired) electrons. The van der Waals surface area contributed by atoms with Crippen LogP contribution in [0.5, 0.6) is 11.5 Å². The zero-order valence-corrected chi connectivity index (χ0v) is 12.7. The smallest absolute Gasteiger partial charge is 0.273 e. The second-order valence-electron chi connectivity index (χ2n) is 4.37. The van der Waals surface area contributed by atoms with Gasteiger partial charge >= 0.3 is 0 Å². The van der Waals surface area contributed by atoms with Crippen molar-refractivity contribution in [2.45, 2.75) is 6.92 Å². The molecule has 0 atom stereocenters. The molecule has 0 aliphatic heterocycles. The Hall–Kier alpha value is -2.41. The van der Waals surface area contributed by atoms with Crippen molar-refractivity contribution < 1.29 is 9.66 Å². The minimum Gasteiger partial charge on any atom is -0.456 e. The molecule has 0 unspecified atom stereocenters. The van der Waals surface area contributed by atoms with Crippen LogP contribution in [0.4, 0.5) is 5.69 Å². The SMILES string of the molecule is Cc1ccc([N+](=O)[O-])cc1Oc1ccc(C(=N)N)cc1Br. The number of non-ortho nitro benzene ring substituents is 1. The van der Waals surface area contributed by atoms with Crippen LogP contribution in [0, 0.1) is 22.4 Å². The number of hydrogen-bond donors (Lipinski definition) is 2. The summed E-state index contributed by atoms with van der Waals surface area (Å²) in [6.45, 7) is 1.80. The van der Waals surface area contributed by atoms with Crippen molar-refractivity contribution in [1.82, 2.24) is 0 Å². The summed E-state index contributed by atoms with van der Waals surface area (Å²) in [5, 5.41) is 18.2. The molecule has 108 valence electrons. The zero-order chi connectivity index (χ0) is 15.6. The Morgan fingerprint density at radius 2 is 2.00 bits per heavy atom. The molecule has 6 nitrogen and oxygen atoms in total. The summed E-state index contributed by atoms with van der Waals surface area (Å²) in [4.78, 5) is 10.3. The van der Waals surface area contributed by atoms with Gasteiger partial charge in [0.25, 0.3) is 5.69 Å². The third-order valence-corrected chi connectivity index (χ3v) is 3.47. The summed E-state index contributed by atoms with van der Waals surface area (Å²) >= 11 is 3.33. The predicted octanol–water partition coefficient (Wildman–Crippen LogP) is 3.74. The van der Waals surface area contributed by atoms with Crippen molar-refractivity contribution in [3.05, 3.63) is 62.1 Å². The highest BCUT2D eigenvalue weighted by Gasteiger charge is 2.12. The van der Waals surface area contributed by atoms with Gasteiger partial charge in [0.05, 0.1) is 15.5 Å². The molecule has 2 aromatic carbocycles. The summed E-state index contributed by atoms with van der Waals surface area (Å²) in [5.41, 5.74) is 6.71. The van der Waals surface area contributed by atoms with Crippen LogP contribution < -0.4 is 10.5 Å². The summed E-state index contributed by atoms with van der Waals surface area (Å²) in [6.07, 6.45) is 0. The highest BCUT2D eigenvalue weighted by atomic mass is 79.9. The lowest BCUT2D eigenvalue weighted by Crippen LogP contribution is -2.10. The molecule has 0 fully saturated rings. The van der Waals surface area contributed by atoms with Crippen LogP contribution in [0.2, 0.25) is 0 Å². The van der Waals surface area contributed by atoms with E-state index in [1.807, 2.05) is 0 Å². The number of nitrogens with one attached hydrogen (secondary N) is 1. The van der Waals surface area contributed by atoms with Gasteiger partial charge in [0.1, 0.15) is 17.3 Å². The van der Waals surface area contributed by atoms with Gasteiger partial charge in [-0.25, -0.2) is 0 Å². The van der Waals surface area contributed by atoms with E-state index >= 15 is 0 Å². The number of ether oxygens (including phenoxy) is 1. The van der Waals surface area contributed by atoms with Crippen LogP contribution in [0.3, 0.4) is 0 Å². The summed E-state index contributed by atoms with van der Waals surface area (Å²) in [5.74, 6) is 0.845. The van der Waals surface area contributed by atoms with Gasteiger partial charge in [0.15, 0.2) is 0 Å².